The molecule has 0 spiro atoms. The van der Waals surface area contributed by atoms with E-state index in [0.717, 1.165) is 19.3 Å². The molecule has 1 aliphatic rings. The zero-order chi connectivity index (χ0) is 9.35. The highest BCUT2D eigenvalue weighted by atomic mass is 16.4. The van der Waals surface area contributed by atoms with Crippen LogP contribution in [0.5, 0.6) is 0 Å². The van der Waals surface area contributed by atoms with Gasteiger partial charge in [-0.1, -0.05) is 20.8 Å². The van der Waals surface area contributed by atoms with E-state index in [1.54, 1.807) is 0 Å². The topological polar surface area (TPSA) is 37.3 Å². The van der Waals surface area contributed by atoms with Crippen LogP contribution >= 0.6 is 0 Å². The van der Waals surface area contributed by atoms with Crippen molar-refractivity contribution < 1.29 is 9.90 Å². The fourth-order valence-electron chi connectivity index (χ4n) is 2.44. The van der Waals surface area contributed by atoms with Gasteiger partial charge in [-0.15, -0.1) is 0 Å². The zero-order valence-electron chi connectivity index (χ0n) is 8.13. The molecule has 0 aromatic carbocycles. The average molecular weight is 170 g/mol. The maximum atomic E-state index is 10.9. The first-order valence-electron chi connectivity index (χ1n) is 4.66. The lowest BCUT2D eigenvalue weighted by Gasteiger charge is -2.38. The first-order valence-corrected chi connectivity index (χ1v) is 4.66. The lowest BCUT2D eigenvalue weighted by molar-refractivity contribution is -0.148. The zero-order valence-corrected chi connectivity index (χ0v) is 8.13. The summed E-state index contributed by atoms with van der Waals surface area (Å²) in [5.74, 6) is -0.0591. The first kappa shape index (κ1) is 9.56. The molecule has 0 radical (unpaired) electrons. The summed E-state index contributed by atoms with van der Waals surface area (Å²) in [5.41, 5.74) is -0.0104. The van der Waals surface area contributed by atoms with Crippen molar-refractivity contribution in [1.29, 1.82) is 0 Å². The Balaban J connectivity index is 2.70. The quantitative estimate of drug-likeness (QED) is 0.656. The monoisotopic (exact) mass is 170 g/mol. The maximum Gasteiger partial charge on any atom is 0.307 e. The molecule has 2 nitrogen and oxygen atoms in total. The van der Waals surface area contributed by atoms with Gasteiger partial charge in [-0.2, -0.15) is 0 Å². The van der Waals surface area contributed by atoms with E-state index in [1.165, 1.54) is 0 Å². The molecule has 0 aromatic heterocycles. The lowest BCUT2D eigenvalue weighted by Crippen LogP contribution is -2.36. The van der Waals surface area contributed by atoms with Gasteiger partial charge in [-0.3, -0.25) is 4.79 Å². The second-order valence-corrected chi connectivity index (χ2v) is 4.77. The standard InChI is InChI=1S/C10H18O2/c1-7-4-5-8(9(11)12)10(2,3)6-7/h7-8H,4-6H2,1-3H3,(H,11,12)/t7-,8-/m1/s1. The Hall–Kier alpha value is -0.530. The lowest BCUT2D eigenvalue weighted by atomic mass is 9.65. The van der Waals surface area contributed by atoms with Crippen LogP contribution in [0.25, 0.3) is 0 Å². The SMILES string of the molecule is C[C@@H]1CC[C@H](C(=O)O)C(C)(C)C1. The van der Waals surface area contributed by atoms with Crippen LogP contribution in [-0.4, -0.2) is 11.1 Å². The molecule has 0 aromatic rings. The van der Waals surface area contributed by atoms with Crippen molar-refractivity contribution >= 4 is 5.97 Å². The summed E-state index contributed by atoms with van der Waals surface area (Å²) in [5, 5.41) is 8.96. The molecule has 0 unspecified atom stereocenters. The van der Waals surface area contributed by atoms with Crippen molar-refractivity contribution in [2.75, 3.05) is 0 Å². The summed E-state index contributed by atoms with van der Waals surface area (Å²) < 4.78 is 0. The number of hydrogen-bond donors (Lipinski definition) is 1. The van der Waals surface area contributed by atoms with Gasteiger partial charge in [0.25, 0.3) is 0 Å². The Labute approximate surface area is 74.0 Å². The Morgan fingerprint density at radius 1 is 1.42 bits per heavy atom. The highest BCUT2D eigenvalue weighted by Crippen LogP contribution is 2.43. The molecule has 1 fully saturated rings. The molecule has 2 heteroatoms. The Bertz CT molecular complexity index is 184. The van der Waals surface area contributed by atoms with E-state index >= 15 is 0 Å². The number of rotatable bonds is 1. The third-order valence-corrected chi connectivity index (χ3v) is 3.06. The molecule has 12 heavy (non-hydrogen) atoms. The molecule has 0 amide bonds. The second-order valence-electron chi connectivity index (χ2n) is 4.77. The van der Waals surface area contributed by atoms with E-state index in [9.17, 15) is 4.79 Å². The fraction of sp³-hybridized carbons (Fsp3) is 0.900. The molecular weight excluding hydrogens is 152 g/mol. The summed E-state index contributed by atoms with van der Waals surface area (Å²) >= 11 is 0. The Kier molecular flexibility index (Phi) is 2.45. The van der Waals surface area contributed by atoms with Crippen molar-refractivity contribution in [1.82, 2.24) is 0 Å². The summed E-state index contributed by atoms with van der Waals surface area (Å²) in [4.78, 5) is 10.9. The Morgan fingerprint density at radius 3 is 2.42 bits per heavy atom. The van der Waals surface area contributed by atoms with Crippen LogP contribution in [0.3, 0.4) is 0 Å². The van der Waals surface area contributed by atoms with E-state index < -0.39 is 5.97 Å². The molecular formula is C10H18O2. The normalized spacial score (nSPS) is 34.6. The minimum absolute atomic E-state index is 0.0104. The van der Waals surface area contributed by atoms with Crippen molar-refractivity contribution in [3.63, 3.8) is 0 Å². The average Bonchev–Trinajstić information content (AvgIpc) is 1.82. The Morgan fingerprint density at radius 2 is 2.00 bits per heavy atom. The second kappa shape index (κ2) is 3.08. The molecule has 70 valence electrons. The fourth-order valence-corrected chi connectivity index (χ4v) is 2.44. The largest absolute Gasteiger partial charge is 0.481 e. The van der Waals surface area contributed by atoms with Crippen LogP contribution in [0, 0.1) is 17.3 Å². The van der Waals surface area contributed by atoms with Gasteiger partial charge < -0.3 is 5.11 Å². The van der Waals surface area contributed by atoms with E-state index in [2.05, 4.69) is 20.8 Å². The molecule has 0 aliphatic heterocycles. The van der Waals surface area contributed by atoms with E-state index in [-0.39, 0.29) is 11.3 Å². The van der Waals surface area contributed by atoms with E-state index in [0.29, 0.717) is 5.92 Å². The summed E-state index contributed by atoms with van der Waals surface area (Å²) in [6.07, 6.45) is 2.97. The number of carboxylic acids is 1. The van der Waals surface area contributed by atoms with Gasteiger partial charge in [0, 0.05) is 0 Å². The van der Waals surface area contributed by atoms with Crippen LogP contribution in [0.1, 0.15) is 40.0 Å². The molecule has 2 atom stereocenters. The van der Waals surface area contributed by atoms with Crippen molar-refractivity contribution in [2.24, 2.45) is 17.3 Å². The van der Waals surface area contributed by atoms with Gasteiger partial charge in [0.15, 0.2) is 0 Å². The van der Waals surface area contributed by atoms with Gasteiger partial charge in [-0.25, -0.2) is 0 Å². The molecule has 1 saturated carbocycles. The van der Waals surface area contributed by atoms with Crippen LogP contribution in [0.4, 0.5) is 0 Å². The van der Waals surface area contributed by atoms with Crippen molar-refractivity contribution in [3.05, 3.63) is 0 Å². The summed E-state index contributed by atoms with van der Waals surface area (Å²) in [7, 11) is 0. The van der Waals surface area contributed by atoms with Gasteiger partial charge in [-0.05, 0) is 30.6 Å². The predicted molar refractivity (Wildman–Crippen MR) is 47.9 cm³/mol. The highest BCUT2D eigenvalue weighted by Gasteiger charge is 2.39. The third kappa shape index (κ3) is 1.79. The first-order chi connectivity index (χ1) is 5.43. The van der Waals surface area contributed by atoms with Gasteiger partial charge >= 0.3 is 5.97 Å². The number of aliphatic carboxylic acids is 1. The molecule has 0 heterocycles. The molecule has 1 aliphatic carbocycles. The van der Waals surface area contributed by atoms with Crippen molar-refractivity contribution in [2.45, 2.75) is 40.0 Å². The van der Waals surface area contributed by atoms with Gasteiger partial charge in [0.05, 0.1) is 5.92 Å². The van der Waals surface area contributed by atoms with Crippen molar-refractivity contribution in [3.8, 4) is 0 Å². The van der Waals surface area contributed by atoms with E-state index in [4.69, 9.17) is 5.11 Å². The molecule has 1 rings (SSSR count). The van der Waals surface area contributed by atoms with Gasteiger partial charge in [0.1, 0.15) is 0 Å². The smallest absolute Gasteiger partial charge is 0.307 e. The molecule has 0 saturated heterocycles. The minimum Gasteiger partial charge on any atom is -0.481 e. The van der Waals surface area contributed by atoms with E-state index in [1.807, 2.05) is 0 Å². The number of hydrogen-bond acceptors (Lipinski definition) is 1. The van der Waals surface area contributed by atoms with Crippen LogP contribution < -0.4 is 0 Å². The third-order valence-electron chi connectivity index (χ3n) is 3.06. The minimum atomic E-state index is -0.619. The summed E-state index contributed by atoms with van der Waals surface area (Å²) in [6, 6.07) is 0. The van der Waals surface area contributed by atoms with Crippen LogP contribution in [0.15, 0.2) is 0 Å². The van der Waals surface area contributed by atoms with Gasteiger partial charge in [0.2, 0.25) is 0 Å². The number of carboxylic acid groups (broad SMARTS) is 1. The number of carbonyl (C=O) groups is 1. The van der Waals surface area contributed by atoms with Crippen LogP contribution in [0.2, 0.25) is 0 Å². The molecule has 0 bridgehead atoms. The summed E-state index contributed by atoms with van der Waals surface area (Å²) in [6.45, 7) is 6.35. The maximum absolute atomic E-state index is 10.9. The molecule has 1 N–H and O–H groups in total. The van der Waals surface area contributed by atoms with Crippen LogP contribution in [-0.2, 0) is 4.79 Å². The highest BCUT2D eigenvalue weighted by molar-refractivity contribution is 5.71. The predicted octanol–water partition coefficient (Wildman–Crippen LogP) is 2.53.